The lowest BCUT2D eigenvalue weighted by atomic mass is 10.0. The zero-order valence-corrected chi connectivity index (χ0v) is 22.1. The number of carbonyl (C=O) groups excluding carboxylic acids is 3. The highest BCUT2D eigenvalue weighted by Crippen LogP contribution is 2.40. The molecule has 2 amide bonds. The van der Waals surface area contributed by atoms with Gasteiger partial charge in [-0.25, -0.2) is 9.78 Å². The predicted octanol–water partition coefficient (Wildman–Crippen LogP) is -2.33. The first kappa shape index (κ1) is 27.1. The highest BCUT2D eigenvalue weighted by atomic mass is 32.2. The molecule has 2 aliphatic rings. The minimum Gasteiger partial charge on any atom is -0.543 e. The maximum absolute atomic E-state index is 13.1. The molecule has 5 heterocycles. The highest BCUT2D eigenvalue weighted by Gasteiger charge is 2.53. The van der Waals surface area contributed by atoms with Gasteiger partial charge in [-0.1, -0.05) is 5.16 Å². The van der Waals surface area contributed by atoms with E-state index in [0.717, 1.165) is 21.8 Å². The largest absolute Gasteiger partial charge is 0.543 e. The highest BCUT2D eigenvalue weighted by molar-refractivity contribution is 8.00. The third kappa shape index (κ3) is 5.08. The number of aliphatic hydroxyl groups is 1. The lowest BCUT2D eigenvalue weighted by molar-refractivity contribution is -0.688. The Bertz CT molecular complexity index is 1600. The van der Waals surface area contributed by atoms with Gasteiger partial charge in [0.05, 0.1) is 24.5 Å². The zero-order chi connectivity index (χ0) is 28.6. The summed E-state index contributed by atoms with van der Waals surface area (Å²) in [4.78, 5) is 58.8. The molecule has 5 N–H and O–H groups in total. The Labute approximate surface area is 233 Å². The number of thioether (sulfide) groups is 1. The number of aliphatic hydroxyl groups excluding tert-OH is 1. The number of carboxylic acids is 2. The van der Waals surface area contributed by atoms with Crippen LogP contribution in [0.1, 0.15) is 11.4 Å². The number of nitrogens with two attached hydrogens (primary N) is 1. The van der Waals surface area contributed by atoms with E-state index in [4.69, 9.17) is 15.7 Å². The van der Waals surface area contributed by atoms with Crippen molar-refractivity contribution in [3.63, 3.8) is 0 Å². The summed E-state index contributed by atoms with van der Waals surface area (Å²) < 4.78 is 3.56. The molecule has 0 aromatic carbocycles. The van der Waals surface area contributed by atoms with Crippen LogP contribution in [0.2, 0.25) is 0 Å². The maximum Gasteiger partial charge on any atom is 0.344 e. The predicted molar refractivity (Wildman–Crippen MR) is 137 cm³/mol. The van der Waals surface area contributed by atoms with Crippen LogP contribution in [0.25, 0.3) is 5.52 Å². The van der Waals surface area contributed by atoms with E-state index in [1.165, 1.54) is 17.1 Å². The Balaban J connectivity index is 1.34. The first-order chi connectivity index (χ1) is 19.2. The monoisotopic (exact) mass is 587 g/mol. The second-order valence-electron chi connectivity index (χ2n) is 8.66. The van der Waals surface area contributed by atoms with Crippen LogP contribution in [0.5, 0.6) is 0 Å². The number of hydrogen-bond acceptors (Lipinski definition) is 12. The van der Waals surface area contributed by atoms with Gasteiger partial charge in [-0.2, -0.15) is 4.57 Å². The molecule has 40 heavy (non-hydrogen) atoms. The van der Waals surface area contributed by atoms with E-state index in [2.05, 4.69) is 15.5 Å². The van der Waals surface area contributed by atoms with Crippen molar-refractivity contribution in [2.45, 2.75) is 24.6 Å². The normalized spacial score (nSPS) is 18.9. The average molecular weight is 588 g/mol. The van der Waals surface area contributed by atoms with Crippen LogP contribution in [0, 0.1) is 0 Å². The summed E-state index contributed by atoms with van der Waals surface area (Å²) in [5, 5.41) is 37.3. The lowest BCUT2D eigenvalue weighted by Gasteiger charge is -2.50. The Morgan fingerprint density at radius 1 is 1.35 bits per heavy atom. The number of thiazole rings is 1. The van der Waals surface area contributed by atoms with Crippen LogP contribution >= 0.6 is 23.1 Å². The maximum atomic E-state index is 13.1. The number of carbonyl (C=O) groups is 4. The SMILES string of the molecule is Nc1nc(/C(=N/OCC(=O)O)C(=O)N[C@@H]2C(=O)N3C(C(=O)[O-])=C(C[n+]4ccn5c(CO)ccc5c4)CS[C@@H]23)cs1. The number of β-lactam (4-membered cyclic amide) rings is 1. The quantitative estimate of drug-likeness (QED) is 0.0853. The Kier molecular flexibility index (Phi) is 7.42. The van der Waals surface area contributed by atoms with Gasteiger partial charge in [-0.05, 0) is 12.1 Å². The van der Waals surface area contributed by atoms with Gasteiger partial charge in [-0.15, -0.1) is 23.1 Å². The molecule has 3 aromatic rings. The van der Waals surface area contributed by atoms with Gasteiger partial charge < -0.3 is 40.4 Å². The summed E-state index contributed by atoms with van der Waals surface area (Å²) in [6.45, 7) is -0.778. The minimum absolute atomic E-state index is 0.0195. The second kappa shape index (κ2) is 10.9. The van der Waals surface area contributed by atoms with Gasteiger partial charge in [0.25, 0.3) is 11.8 Å². The van der Waals surface area contributed by atoms with Gasteiger partial charge in [0.15, 0.2) is 29.8 Å². The van der Waals surface area contributed by atoms with Crippen LogP contribution in [0.4, 0.5) is 5.13 Å². The van der Waals surface area contributed by atoms with Gasteiger partial charge >= 0.3 is 5.97 Å². The number of rotatable bonds is 10. The van der Waals surface area contributed by atoms with Crippen molar-refractivity contribution in [3.8, 4) is 0 Å². The summed E-state index contributed by atoms with van der Waals surface area (Å²) in [5.74, 6) is -4.13. The molecule has 2 atom stereocenters. The Morgan fingerprint density at radius 3 is 2.83 bits per heavy atom. The van der Waals surface area contributed by atoms with E-state index in [-0.39, 0.29) is 41.1 Å². The van der Waals surface area contributed by atoms with Crippen molar-refractivity contribution in [1.82, 2.24) is 19.6 Å². The molecule has 1 saturated heterocycles. The molecule has 17 heteroatoms. The van der Waals surface area contributed by atoms with Crippen molar-refractivity contribution < 1.29 is 43.9 Å². The van der Waals surface area contributed by atoms with Crippen molar-refractivity contribution >= 4 is 63.2 Å². The molecule has 2 aliphatic heterocycles. The van der Waals surface area contributed by atoms with Crippen LogP contribution in [0.3, 0.4) is 0 Å². The molecule has 1 fully saturated rings. The van der Waals surface area contributed by atoms with Crippen LogP contribution < -0.4 is 20.7 Å². The van der Waals surface area contributed by atoms with Gasteiger partial charge in [0.2, 0.25) is 6.61 Å². The van der Waals surface area contributed by atoms with Gasteiger partial charge in [-0.3, -0.25) is 14.5 Å². The molecule has 208 valence electrons. The first-order valence-electron chi connectivity index (χ1n) is 11.6. The molecule has 0 saturated carbocycles. The average Bonchev–Trinajstić information content (AvgIpc) is 3.54. The Morgan fingerprint density at radius 2 is 2.15 bits per heavy atom. The number of hydrogen-bond donors (Lipinski definition) is 4. The molecular formula is C23H21N7O8S2. The van der Waals surface area contributed by atoms with Crippen molar-refractivity contribution in [3.05, 3.63) is 58.8 Å². The molecule has 0 aliphatic carbocycles. The number of oxime groups is 1. The van der Waals surface area contributed by atoms with Crippen LogP contribution in [-0.2, 0) is 37.2 Å². The fourth-order valence-corrected chi connectivity index (χ4v) is 6.25. The van der Waals surface area contributed by atoms with Gasteiger partial charge in [0.1, 0.15) is 22.6 Å². The fraction of sp³-hybridized carbons (Fsp3) is 0.261. The van der Waals surface area contributed by atoms with Gasteiger partial charge in [0, 0.05) is 22.4 Å². The van der Waals surface area contributed by atoms with E-state index in [0.29, 0.717) is 11.3 Å². The molecule has 0 radical (unpaired) electrons. The summed E-state index contributed by atoms with van der Waals surface area (Å²) in [6, 6.07) is 2.51. The standard InChI is InChI=1S/C23H21N7O8S2/c24-23-25-14(10-40-23)16(27-38-8-15(32)33)19(34)26-17-20(35)30-18(22(36)37)11(9-39-21(17)30)5-28-3-4-29-12(6-28)1-2-13(29)7-31/h1-4,6,10,17,21,31H,5,7-9H2,(H4-,24,25,26,32,33,34,36,37)/b27-16-/t17-,21+/m1/s1. The summed E-state index contributed by atoms with van der Waals surface area (Å²) in [6.07, 6.45) is 5.26. The van der Waals surface area contributed by atoms with E-state index >= 15 is 0 Å². The number of aromatic nitrogens is 3. The number of nitrogens with one attached hydrogen (secondary N) is 1. The fourth-order valence-electron chi connectivity index (χ4n) is 4.36. The molecule has 15 nitrogen and oxygen atoms in total. The summed E-state index contributed by atoms with van der Waals surface area (Å²) in [5.41, 5.74) is 6.94. The molecule has 3 aromatic heterocycles. The van der Waals surface area contributed by atoms with Crippen LogP contribution in [0.15, 0.2) is 52.5 Å². The van der Waals surface area contributed by atoms with E-state index < -0.39 is 41.8 Å². The summed E-state index contributed by atoms with van der Waals surface area (Å²) in [7, 11) is 0. The zero-order valence-electron chi connectivity index (χ0n) is 20.4. The van der Waals surface area contributed by atoms with Crippen molar-refractivity contribution in [1.29, 1.82) is 0 Å². The molecule has 0 spiro atoms. The van der Waals surface area contributed by atoms with E-state index in [1.807, 2.05) is 6.07 Å². The number of nitrogens with zero attached hydrogens (tertiary/aromatic N) is 5. The number of amides is 2. The number of aliphatic carboxylic acids is 2. The lowest BCUT2D eigenvalue weighted by Crippen LogP contribution is -2.71. The summed E-state index contributed by atoms with van der Waals surface area (Å²) >= 11 is 2.28. The minimum atomic E-state index is -1.52. The number of nitrogen functional groups attached to an aromatic ring is 1. The van der Waals surface area contributed by atoms with Crippen molar-refractivity contribution in [2.24, 2.45) is 5.16 Å². The third-order valence-electron chi connectivity index (χ3n) is 6.13. The number of anilines is 1. The second-order valence-corrected chi connectivity index (χ2v) is 10.7. The molecule has 0 unspecified atom stereocenters. The smallest absolute Gasteiger partial charge is 0.344 e. The Hall–Kier alpha value is -4.48. The number of carboxylic acid groups (broad SMARTS) is 2. The first-order valence-corrected chi connectivity index (χ1v) is 13.5. The molecular weight excluding hydrogens is 566 g/mol. The van der Waals surface area contributed by atoms with Crippen molar-refractivity contribution in [2.75, 3.05) is 18.1 Å². The molecule has 0 bridgehead atoms. The molecule has 5 rings (SSSR count). The third-order valence-corrected chi connectivity index (χ3v) is 8.14. The van der Waals surface area contributed by atoms with Crippen LogP contribution in [-0.4, -0.2) is 77.7 Å². The van der Waals surface area contributed by atoms with E-state index in [1.54, 1.807) is 33.6 Å². The number of fused-ring (bicyclic) bond motifs is 2. The van der Waals surface area contributed by atoms with E-state index in [9.17, 15) is 29.4 Å². The topological polar surface area (TPSA) is 216 Å².